The van der Waals surface area contributed by atoms with Gasteiger partial charge >= 0.3 is 0 Å². The lowest BCUT2D eigenvalue weighted by Crippen LogP contribution is -2.50. The summed E-state index contributed by atoms with van der Waals surface area (Å²) in [5.41, 5.74) is 9.00. The van der Waals surface area contributed by atoms with Crippen molar-refractivity contribution in [2.75, 3.05) is 0 Å². The summed E-state index contributed by atoms with van der Waals surface area (Å²) in [6.07, 6.45) is 5.26. The minimum Gasteiger partial charge on any atom is -0.278 e. The van der Waals surface area contributed by atoms with Crippen LogP contribution in [0.5, 0.6) is 0 Å². The molecule has 21 heavy (non-hydrogen) atoms. The topological polar surface area (TPSA) is 21.5 Å². The molecule has 104 valence electrons. The van der Waals surface area contributed by atoms with Crippen molar-refractivity contribution in [3.63, 3.8) is 0 Å². The van der Waals surface area contributed by atoms with Gasteiger partial charge in [-0.3, -0.25) is 9.20 Å². The molecule has 0 spiro atoms. The SMILES string of the molecule is C=C=c1c(=C)c(=C=CC)c2c(C=C)c(C=C)c(C)n2c1=O. The van der Waals surface area contributed by atoms with Crippen molar-refractivity contribution in [1.29, 1.82) is 0 Å². The molecule has 0 saturated heterocycles. The number of nitrogens with zero attached hydrogens (tertiary/aromatic N) is 1. The second kappa shape index (κ2) is 5.30. The van der Waals surface area contributed by atoms with E-state index < -0.39 is 0 Å². The quantitative estimate of drug-likeness (QED) is 0.815. The normalized spacial score (nSPS) is 10.0. The molecule has 2 aromatic heterocycles. The van der Waals surface area contributed by atoms with Gasteiger partial charge in [0.25, 0.3) is 5.56 Å². The van der Waals surface area contributed by atoms with E-state index in [0.717, 1.165) is 27.6 Å². The van der Waals surface area contributed by atoms with Crippen LogP contribution >= 0.6 is 0 Å². The van der Waals surface area contributed by atoms with E-state index in [2.05, 4.69) is 37.8 Å². The van der Waals surface area contributed by atoms with E-state index in [9.17, 15) is 4.79 Å². The molecule has 0 fully saturated rings. The highest BCUT2D eigenvalue weighted by atomic mass is 16.1. The van der Waals surface area contributed by atoms with Crippen molar-refractivity contribution >= 4 is 35.7 Å². The zero-order valence-electron chi connectivity index (χ0n) is 12.4. The van der Waals surface area contributed by atoms with Crippen LogP contribution in [-0.4, -0.2) is 4.40 Å². The molecule has 0 aliphatic rings. The summed E-state index contributed by atoms with van der Waals surface area (Å²) < 4.78 is 1.64. The van der Waals surface area contributed by atoms with Crippen LogP contribution in [0.15, 0.2) is 30.6 Å². The van der Waals surface area contributed by atoms with Crippen molar-refractivity contribution < 1.29 is 0 Å². The van der Waals surface area contributed by atoms with Crippen LogP contribution in [0.25, 0.3) is 35.7 Å². The zero-order valence-corrected chi connectivity index (χ0v) is 12.4. The summed E-state index contributed by atoms with van der Waals surface area (Å²) in [4.78, 5) is 12.7. The molecule has 0 amide bonds. The van der Waals surface area contributed by atoms with E-state index in [4.69, 9.17) is 0 Å². The maximum atomic E-state index is 12.7. The first-order chi connectivity index (χ1) is 10.0. The first-order valence-corrected chi connectivity index (χ1v) is 6.59. The summed E-state index contributed by atoms with van der Waals surface area (Å²) in [6, 6.07) is 0. The second-order valence-corrected chi connectivity index (χ2v) is 4.65. The molecule has 2 aromatic rings. The Morgan fingerprint density at radius 3 is 2.24 bits per heavy atom. The highest BCUT2D eigenvalue weighted by molar-refractivity contribution is 5.81. The Bertz CT molecular complexity index is 1050. The fraction of sp³-hybridized carbons (Fsp3) is 0.105. The lowest BCUT2D eigenvalue weighted by molar-refractivity contribution is 1.03. The van der Waals surface area contributed by atoms with Gasteiger partial charge in [-0.25, -0.2) is 0 Å². The van der Waals surface area contributed by atoms with Gasteiger partial charge in [-0.15, -0.1) is 11.5 Å². The van der Waals surface area contributed by atoms with E-state index in [1.165, 1.54) is 0 Å². The highest BCUT2D eigenvalue weighted by Crippen LogP contribution is 2.21. The summed E-state index contributed by atoms with van der Waals surface area (Å²) >= 11 is 0. The van der Waals surface area contributed by atoms with Gasteiger partial charge in [0, 0.05) is 27.3 Å². The van der Waals surface area contributed by atoms with Gasteiger partial charge in [0.15, 0.2) is 0 Å². The van der Waals surface area contributed by atoms with Crippen LogP contribution in [0.1, 0.15) is 23.7 Å². The average molecular weight is 275 g/mol. The summed E-state index contributed by atoms with van der Waals surface area (Å²) in [5.74, 6) is 0. The third kappa shape index (κ3) is 1.86. The molecule has 0 radical (unpaired) electrons. The second-order valence-electron chi connectivity index (χ2n) is 4.65. The number of rotatable bonds is 2. The molecule has 2 nitrogen and oxygen atoms in total. The number of hydrogen-bond acceptors (Lipinski definition) is 1. The number of pyridine rings is 1. The van der Waals surface area contributed by atoms with Crippen molar-refractivity contribution in [2.45, 2.75) is 13.8 Å². The molecule has 0 aliphatic heterocycles. The van der Waals surface area contributed by atoms with Crippen LogP contribution in [0.2, 0.25) is 0 Å². The van der Waals surface area contributed by atoms with Gasteiger partial charge in [0.1, 0.15) is 0 Å². The lowest BCUT2D eigenvalue weighted by atomic mass is 10.1. The number of fused-ring (bicyclic) bond motifs is 1. The molecule has 0 unspecified atom stereocenters. The maximum Gasteiger partial charge on any atom is 0.271 e. The number of aryl methyl sites for hydroxylation is 1. The summed E-state index contributed by atoms with van der Waals surface area (Å²) in [5, 5.41) is 1.71. The van der Waals surface area contributed by atoms with Gasteiger partial charge in [-0.05, 0) is 19.9 Å². The van der Waals surface area contributed by atoms with Gasteiger partial charge < -0.3 is 0 Å². The van der Waals surface area contributed by atoms with E-state index in [1.54, 1.807) is 22.6 Å². The van der Waals surface area contributed by atoms with E-state index in [-0.39, 0.29) is 5.56 Å². The predicted octanol–water partition coefficient (Wildman–Crippen LogP) is 1.54. The Morgan fingerprint density at radius 1 is 1.14 bits per heavy atom. The van der Waals surface area contributed by atoms with Crippen LogP contribution in [0.3, 0.4) is 0 Å². The lowest BCUT2D eigenvalue weighted by Gasteiger charge is -1.99. The molecule has 0 N–H and O–H groups in total. The van der Waals surface area contributed by atoms with Gasteiger partial charge in [0.05, 0.1) is 10.7 Å². The van der Waals surface area contributed by atoms with E-state index in [0.29, 0.717) is 10.4 Å². The monoisotopic (exact) mass is 275 g/mol. The fourth-order valence-electron chi connectivity index (χ4n) is 2.69. The summed E-state index contributed by atoms with van der Waals surface area (Å²) in [7, 11) is 0. The van der Waals surface area contributed by atoms with Crippen molar-refractivity contribution in [2.24, 2.45) is 0 Å². The van der Waals surface area contributed by atoms with Crippen LogP contribution in [0.4, 0.5) is 0 Å². The molecule has 2 heterocycles. The van der Waals surface area contributed by atoms with Crippen LogP contribution < -0.4 is 21.2 Å². The Morgan fingerprint density at radius 2 is 1.76 bits per heavy atom. The van der Waals surface area contributed by atoms with Gasteiger partial charge in [0.2, 0.25) is 0 Å². The Labute approximate surface area is 123 Å². The van der Waals surface area contributed by atoms with Gasteiger partial charge in [-0.1, -0.05) is 38.5 Å². The van der Waals surface area contributed by atoms with Crippen molar-refractivity contribution in [3.8, 4) is 0 Å². The zero-order chi connectivity index (χ0) is 15.7. The van der Waals surface area contributed by atoms with Crippen LogP contribution in [-0.2, 0) is 0 Å². The Hall–Kier alpha value is -2.79. The van der Waals surface area contributed by atoms with E-state index >= 15 is 0 Å². The van der Waals surface area contributed by atoms with Crippen LogP contribution in [0, 0.1) is 6.92 Å². The summed E-state index contributed by atoms with van der Waals surface area (Å²) in [6.45, 7) is 19.0. The Balaban J connectivity index is 3.58. The minimum atomic E-state index is -0.180. The van der Waals surface area contributed by atoms with Crippen molar-refractivity contribution in [3.05, 3.63) is 68.6 Å². The maximum absolute atomic E-state index is 12.7. The first kappa shape index (κ1) is 14.6. The van der Waals surface area contributed by atoms with E-state index in [1.807, 2.05) is 13.8 Å². The average Bonchev–Trinajstić information content (AvgIpc) is 2.76. The fourth-order valence-corrected chi connectivity index (χ4v) is 2.69. The van der Waals surface area contributed by atoms with Gasteiger partial charge in [-0.2, -0.15) is 0 Å². The number of aromatic nitrogens is 1. The standard InChI is InChI=1S/C19H17NO/c1-7-11-17-12(5)14(8-2)19(21)20-13(6)15(9-3)16(10-4)18(17)20/h7,9-10H,2-5H2,1,6H3. The number of hydrogen-bond donors (Lipinski definition) is 0. The van der Waals surface area contributed by atoms with Crippen molar-refractivity contribution in [1.82, 2.24) is 4.40 Å². The molecule has 0 bridgehead atoms. The molecular weight excluding hydrogens is 258 g/mol. The molecule has 0 saturated carbocycles. The third-order valence-corrected chi connectivity index (χ3v) is 3.63. The molecule has 2 heteroatoms. The molecule has 0 aromatic carbocycles. The third-order valence-electron chi connectivity index (χ3n) is 3.63. The smallest absolute Gasteiger partial charge is 0.271 e. The Kier molecular flexibility index (Phi) is 3.69. The highest BCUT2D eigenvalue weighted by Gasteiger charge is 2.15. The molecular formula is C19H17NO. The number of allylic oxidation sites excluding steroid dienone is 1. The minimum absolute atomic E-state index is 0.180. The predicted molar refractivity (Wildman–Crippen MR) is 91.3 cm³/mol. The largest absolute Gasteiger partial charge is 0.278 e. The first-order valence-electron chi connectivity index (χ1n) is 6.59. The molecule has 0 aliphatic carbocycles. The molecule has 2 rings (SSSR count). The molecule has 0 atom stereocenters.